The zero-order valence-electron chi connectivity index (χ0n) is 15.4. The number of carbonyl (C=O) groups excluding carboxylic acids is 2. The summed E-state index contributed by atoms with van der Waals surface area (Å²) in [4.78, 5) is 26.6. The molecule has 0 aliphatic carbocycles. The zero-order valence-corrected chi connectivity index (χ0v) is 15.4. The van der Waals surface area contributed by atoms with E-state index in [4.69, 9.17) is 9.47 Å². The lowest BCUT2D eigenvalue weighted by Gasteiger charge is -2.44. The average Bonchev–Trinajstić information content (AvgIpc) is 3.00. The molecule has 1 saturated heterocycles. The monoisotopic (exact) mass is 399 g/mol. The largest absolute Gasteiger partial charge is 0.394 e. The van der Waals surface area contributed by atoms with Gasteiger partial charge in [-0.25, -0.2) is 0 Å². The second kappa shape index (κ2) is 8.02. The minimum Gasteiger partial charge on any atom is -0.394 e. The van der Waals surface area contributed by atoms with Crippen LogP contribution in [0.15, 0.2) is 54.6 Å². The maximum atomic E-state index is 12.9. The van der Waals surface area contributed by atoms with E-state index in [1.807, 2.05) is 30.3 Å². The van der Waals surface area contributed by atoms with Crippen LogP contribution < -0.4 is 0 Å². The van der Waals surface area contributed by atoms with Gasteiger partial charge in [-0.2, -0.15) is 0 Å². The predicted octanol–water partition coefficient (Wildman–Crippen LogP) is 0.307. The fraction of sp³-hybridized carbons (Fsp3) is 0.333. The lowest BCUT2D eigenvalue weighted by atomic mass is 9.95. The van der Waals surface area contributed by atoms with Crippen molar-refractivity contribution in [3.63, 3.8) is 0 Å². The number of carbonyl (C=O) groups is 2. The summed E-state index contributed by atoms with van der Waals surface area (Å²) in [6.07, 6.45) is -5.39. The maximum absolute atomic E-state index is 12.9. The fourth-order valence-corrected chi connectivity index (χ4v) is 3.71. The number of imide groups is 1. The Morgan fingerprint density at radius 3 is 2.07 bits per heavy atom. The first kappa shape index (κ1) is 19.7. The van der Waals surface area contributed by atoms with Crippen molar-refractivity contribution in [1.29, 1.82) is 0 Å². The Morgan fingerprint density at radius 1 is 0.897 bits per heavy atom. The molecule has 8 nitrogen and oxygen atoms in total. The van der Waals surface area contributed by atoms with Crippen molar-refractivity contribution >= 4 is 11.8 Å². The number of aliphatic hydroxyl groups is 3. The third kappa shape index (κ3) is 3.45. The molecule has 0 unspecified atom stereocenters. The SMILES string of the molecule is O=C1c2ccccc2C(=O)N1[C@H]1[C@H](OCc2ccccc2)O[C@H](CO)[C@@H](O)[C@@H]1O. The minimum absolute atomic E-state index is 0.0894. The van der Waals surface area contributed by atoms with Gasteiger partial charge in [-0.1, -0.05) is 42.5 Å². The van der Waals surface area contributed by atoms with Crippen molar-refractivity contribution in [2.75, 3.05) is 6.61 Å². The average molecular weight is 399 g/mol. The van der Waals surface area contributed by atoms with Gasteiger partial charge in [-0.3, -0.25) is 14.5 Å². The predicted molar refractivity (Wildman–Crippen MR) is 99.7 cm³/mol. The van der Waals surface area contributed by atoms with Gasteiger partial charge < -0.3 is 24.8 Å². The van der Waals surface area contributed by atoms with Crippen molar-refractivity contribution < 1.29 is 34.4 Å². The lowest BCUT2D eigenvalue weighted by molar-refractivity contribution is -0.282. The number of benzene rings is 2. The number of amides is 2. The summed E-state index contributed by atoms with van der Waals surface area (Å²) in [7, 11) is 0. The molecular weight excluding hydrogens is 378 g/mol. The highest BCUT2D eigenvalue weighted by Gasteiger charge is 2.53. The second-order valence-corrected chi connectivity index (χ2v) is 7.02. The molecular formula is C21H21NO7. The summed E-state index contributed by atoms with van der Waals surface area (Å²) < 4.78 is 11.4. The van der Waals surface area contributed by atoms with Crippen LogP contribution in [0.2, 0.25) is 0 Å². The van der Waals surface area contributed by atoms with Crippen molar-refractivity contribution in [3.8, 4) is 0 Å². The molecule has 0 saturated carbocycles. The molecule has 0 bridgehead atoms. The van der Waals surface area contributed by atoms with E-state index in [1.54, 1.807) is 12.1 Å². The number of hydrogen-bond acceptors (Lipinski definition) is 7. The van der Waals surface area contributed by atoms with Gasteiger partial charge in [-0.05, 0) is 17.7 Å². The molecule has 29 heavy (non-hydrogen) atoms. The Bertz CT molecular complexity index is 868. The number of hydrogen-bond donors (Lipinski definition) is 3. The molecule has 0 aromatic heterocycles. The molecule has 2 aromatic rings. The summed E-state index contributed by atoms with van der Waals surface area (Å²) in [6, 6.07) is 14.2. The molecule has 2 aromatic carbocycles. The quantitative estimate of drug-likeness (QED) is 0.620. The Morgan fingerprint density at radius 2 is 1.48 bits per heavy atom. The van der Waals surface area contributed by atoms with Gasteiger partial charge in [0.05, 0.1) is 24.3 Å². The highest BCUT2D eigenvalue weighted by Crippen LogP contribution is 2.32. The number of fused-ring (bicyclic) bond motifs is 1. The minimum atomic E-state index is -1.55. The maximum Gasteiger partial charge on any atom is 0.262 e. The Balaban J connectivity index is 1.64. The van der Waals surface area contributed by atoms with Crippen LogP contribution in [-0.2, 0) is 16.1 Å². The van der Waals surface area contributed by atoms with Gasteiger partial charge in [0, 0.05) is 0 Å². The molecule has 152 valence electrons. The van der Waals surface area contributed by atoms with Crippen LogP contribution in [-0.4, -0.2) is 69.3 Å². The third-order valence-corrected chi connectivity index (χ3v) is 5.23. The van der Waals surface area contributed by atoms with Crippen LogP contribution in [0, 0.1) is 0 Å². The first-order valence-electron chi connectivity index (χ1n) is 9.28. The highest BCUT2D eigenvalue weighted by molar-refractivity contribution is 6.21. The van der Waals surface area contributed by atoms with Crippen LogP contribution in [0.3, 0.4) is 0 Å². The van der Waals surface area contributed by atoms with E-state index >= 15 is 0 Å². The molecule has 3 N–H and O–H groups in total. The summed E-state index contributed by atoms with van der Waals surface area (Å²) in [5.74, 6) is -1.19. The topological polar surface area (TPSA) is 117 Å². The molecule has 2 aliphatic heterocycles. The normalized spacial score (nSPS) is 29.2. The lowest BCUT2D eigenvalue weighted by Crippen LogP contribution is -2.65. The smallest absolute Gasteiger partial charge is 0.262 e. The standard InChI is InChI=1S/C21H21NO7/c23-10-15-17(24)18(25)16(21(29-15)28-11-12-6-2-1-3-7-12)22-19(26)13-8-4-5-9-14(13)20(22)27/h1-9,15-18,21,23-25H,10-11H2/t15-,16-,17-,18-,21-/m1/s1. The van der Waals surface area contributed by atoms with E-state index in [-0.39, 0.29) is 17.7 Å². The fourth-order valence-electron chi connectivity index (χ4n) is 3.71. The molecule has 2 heterocycles. The molecule has 0 radical (unpaired) electrons. The van der Waals surface area contributed by atoms with Crippen molar-refractivity contribution in [2.24, 2.45) is 0 Å². The molecule has 0 spiro atoms. The van der Waals surface area contributed by atoms with Gasteiger partial charge in [0.15, 0.2) is 6.29 Å². The van der Waals surface area contributed by atoms with Crippen molar-refractivity contribution in [2.45, 2.75) is 37.3 Å². The van der Waals surface area contributed by atoms with E-state index < -0.39 is 49.1 Å². The van der Waals surface area contributed by atoms with Crippen molar-refractivity contribution in [3.05, 3.63) is 71.3 Å². The van der Waals surface area contributed by atoms with Gasteiger partial charge in [0.1, 0.15) is 24.4 Å². The summed E-state index contributed by atoms with van der Waals surface area (Å²) in [5, 5.41) is 30.5. The van der Waals surface area contributed by atoms with Crippen LogP contribution in [0.25, 0.3) is 0 Å². The van der Waals surface area contributed by atoms with Gasteiger partial charge in [0.2, 0.25) is 0 Å². The van der Waals surface area contributed by atoms with E-state index in [9.17, 15) is 24.9 Å². The zero-order chi connectivity index (χ0) is 20.5. The van der Waals surface area contributed by atoms with E-state index in [2.05, 4.69) is 0 Å². The van der Waals surface area contributed by atoms with Crippen LogP contribution in [0.1, 0.15) is 26.3 Å². The first-order valence-corrected chi connectivity index (χ1v) is 9.28. The summed E-state index contributed by atoms with van der Waals surface area (Å²) >= 11 is 0. The van der Waals surface area contributed by atoms with Gasteiger partial charge in [-0.15, -0.1) is 0 Å². The van der Waals surface area contributed by atoms with E-state index in [0.29, 0.717) is 0 Å². The van der Waals surface area contributed by atoms with Crippen LogP contribution in [0.4, 0.5) is 0 Å². The summed E-state index contributed by atoms with van der Waals surface area (Å²) in [5.41, 5.74) is 1.24. The van der Waals surface area contributed by atoms with Gasteiger partial charge in [0.25, 0.3) is 11.8 Å². The second-order valence-electron chi connectivity index (χ2n) is 7.02. The summed E-state index contributed by atoms with van der Waals surface area (Å²) in [6.45, 7) is -0.468. The van der Waals surface area contributed by atoms with Gasteiger partial charge >= 0.3 is 0 Å². The van der Waals surface area contributed by atoms with Crippen LogP contribution in [0.5, 0.6) is 0 Å². The molecule has 5 atom stereocenters. The number of ether oxygens (including phenoxy) is 2. The Hall–Kier alpha value is -2.62. The highest BCUT2D eigenvalue weighted by atomic mass is 16.7. The first-order chi connectivity index (χ1) is 14.0. The number of aliphatic hydroxyl groups excluding tert-OH is 3. The molecule has 2 amide bonds. The van der Waals surface area contributed by atoms with E-state index in [0.717, 1.165) is 10.5 Å². The van der Waals surface area contributed by atoms with E-state index in [1.165, 1.54) is 12.1 Å². The Kier molecular flexibility index (Phi) is 5.44. The van der Waals surface area contributed by atoms with Crippen molar-refractivity contribution in [1.82, 2.24) is 4.90 Å². The van der Waals surface area contributed by atoms with Crippen LogP contribution >= 0.6 is 0 Å². The molecule has 2 aliphatic rings. The molecule has 4 rings (SSSR count). The Labute approximate surface area is 166 Å². The number of rotatable bonds is 5. The molecule has 1 fully saturated rings. The molecule has 8 heteroatoms. The number of nitrogens with zero attached hydrogens (tertiary/aromatic N) is 1. The third-order valence-electron chi connectivity index (χ3n) is 5.23.